The van der Waals surface area contributed by atoms with E-state index in [1.807, 2.05) is 13.0 Å². The summed E-state index contributed by atoms with van der Waals surface area (Å²) in [6.45, 7) is 3.40. The lowest BCUT2D eigenvalue weighted by Gasteiger charge is -2.23. The van der Waals surface area contributed by atoms with Gasteiger partial charge in [-0.3, -0.25) is 0 Å². The van der Waals surface area contributed by atoms with Gasteiger partial charge in [-0.1, -0.05) is 0 Å². The fraction of sp³-hybridized carbons (Fsp3) is 0.818. The Labute approximate surface area is 104 Å². The molecule has 1 saturated heterocycles. The first-order valence-corrected chi connectivity index (χ1v) is 7.65. The van der Waals surface area contributed by atoms with Crippen LogP contribution in [-0.2, 0) is 22.8 Å². The average Bonchev–Trinajstić information content (AvgIpc) is 3.17. The monoisotopic (exact) mass is 262 g/mol. The number of ether oxygens (including phenoxy) is 2. The summed E-state index contributed by atoms with van der Waals surface area (Å²) in [5.74, 6) is 0.909. The van der Waals surface area contributed by atoms with Crippen LogP contribution in [0.1, 0.15) is 13.3 Å². The highest BCUT2D eigenvalue weighted by Crippen LogP contribution is 2.17. The van der Waals surface area contributed by atoms with Gasteiger partial charge in [0.1, 0.15) is 12.7 Å². The molecule has 0 aromatic carbocycles. The van der Waals surface area contributed by atoms with Crippen molar-refractivity contribution in [3.05, 3.63) is 11.8 Å². The number of epoxide rings is 1. The van der Waals surface area contributed by atoms with Crippen LogP contribution in [0.25, 0.3) is 0 Å². The maximum absolute atomic E-state index is 5.51. The van der Waals surface area contributed by atoms with Crippen molar-refractivity contribution in [3.63, 3.8) is 0 Å². The summed E-state index contributed by atoms with van der Waals surface area (Å²) in [7, 11) is 2.42. The molecule has 6 heteroatoms. The summed E-state index contributed by atoms with van der Waals surface area (Å²) >= 11 is 0. The molecule has 0 aromatic rings. The molecule has 1 heterocycles. The molecule has 0 aromatic heterocycles. The fourth-order valence-corrected chi connectivity index (χ4v) is 3.07. The average molecular weight is 262 g/mol. The second-order valence-electron chi connectivity index (χ2n) is 3.92. The van der Waals surface area contributed by atoms with E-state index in [9.17, 15) is 0 Å². The molecule has 0 spiro atoms. The van der Waals surface area contributed by atoms with Crippen molar-refractivity contribution in [2.45, 2.75) is 25.5 Å². The van der Waals surface area contributed by atoms with Gasteiger partial charge in [-0.15, -0.1) is 0 Å². The van der Waals surface area contributed by atoms with Crippen molar-refractivity contribution in [2.75, 3.05) is 34.5 Å². The molecule has 100 valence electrons. The van der Waals surface area contributed by atoms with Crippen LogP contribution >= 0.6 is 0 Å². The van der Waals surface area contributed by atoms with E-state index in [-0.39, 0.29) is 0 Å². The van der Waals surface area contributed by atoms with Crippen molar-refractivity contribution in [1.82, 2.24) is 0 Å². The molecule has 1 aliphatic rings. The molecule has 1 rings (SSSR count). The topological polar surface area (TPSA) is 49.5 Å². The van der Waals surface area contributed by atoms with Crippen LogP contribution in [0.5, 0.6) is 0 Å². The zero-order valence-electron chi connectivity index (χ0n) is 11.0. The van der Waals surface area contributed by atoms with Crippen LogP contribution in [-0.4, -0.2) is 49.5 Å². The van der Waals surface area contributed by atoms with Gasteiger partial charge in [-0.2, -0.15) is 0 Å². The Bertz CT molecular complexity index is 240. The van der Waals surface area contributed by atoms with Crippen molar-refractivity contribution >= 4 is 8.80 Å². The van der Waals surface area contributed by atoms with Crippen LogP contribution in [0.3, 0.4) is 0 Å². The van der Waals surface area contributed by atoms with E-state index in [1.165, 1.54) is 0 Å². The highest BCUT2D eigenvalue weighted by atomic mass is 28.4. The largest absolute Gasteiger partial charge is 0.500 e. The van der Waals surface area contributed by atoms with Gasteiger partial charge in [-0.05, 0) is 19.4 Å². The van der Waals surface area contributed by atoms with E-state index in [2.05, 4.69) is 0 Å². The molecule has 0 radical (unpaired) electrons. The maximum Gasteiger partial charge on any atom is 0.500 e. The third-order valence-corrected chi connectivity index (χ3v) is 5.48. The first-order chi connectivity index (χ1) is 8.15. The predicted molar refractivity (Wildman–Crippen MR) is 65.7 cm³/mol. The van der Waals surface area contributed by atoms with Gasteiger partial charge in [0.05, 0.1) is 12.4 Å². The molecule has 0 saturated carbocycles. The first-order valence-electron chi connectivity index (χ1n) is 5.72. The Kier molecular flexibility index (Phi) is 6.14. The highest BCUT2D eigenvalue weighted by molar-refractivity contribution is 6.60. The Morgan fingerprint density at radius 3 is 2.35 bits per heavy atom. The SMILES string of the molecule is CO[Si](CC/C=C(\C)OCC1CO1)(OC)OC. The minimum atomic E-state index is -2.44. The van der Waals surface area contributed by atoms with Gasteiger partial charge in [0, 0.05) is 27.4 Å². The standard InChI is InChI=1S/C11H22O5Si/c1-10(15-8-11-9-16-11)6-5-7-17(12-2,13-3)14-4/h6,11H,5,7-9H2,1-4H3/b10-6+. The lowest BCUT2D eigenvalue weighted by Crippen LogP contribution is -2.42. The summed E-state index contributed by atoms with van der Waals surface area (Å²) in [6, 6.07) is 0.747. The zero-order chi connectivity index (χ0) is 12.7. The van der Waals surface area contributed by atoms with Gasteiger partial charge in [0.2, 0.25) is 0 Å². The Morgan fingerprint density at radius 1 is 1.29 bits per heavy atom. The molecular formula is C11H22O5Si. The van der Waals surface area contributed by atoms with E-state index in [0.717, 1.165) is 24.8 Å². The van der Waals surface area contributed by atoms with Crippen molar-refractivity contribution in [2.24, 2.45) is 0 Å². The van der Waals surface area contributed by atoms with Gasteiger partial charge in [-0.25, -0.2) is 0 Å². The van der Waals surface area contributed by atoms with Crippen LogP contribution in [0, 0.1) is 0 Å². The van der Waals surface area contributed by atoms with Crippen LogP contribution in [0.4, 0.5) is 0 Å². The number of rotatable bonds is 9. The zero-order valence-corrected chi connectivity index (χ0v) is 12.0. The summed E-state index contributed by atoms with van der Waals surface area (Å²) < 4.78 is 26.6. The Morgan fingerprint density at radius 2 is 1.88 bits per heavy atom. The molecular weight excluding hydrogens is 240 g/mol. The van der Waals surface area contributed by atoms with Crippen molar-refractivity contribution in [3.8, 4) is 0 Å². The highest BCUT2D eigenvalue weighted by Gasteiger charge is 2.36. The van der Waals surface area contributed by atoms with E-state index in [0.29, 0.717) is 12.7 Å². The van der Waals surface area contributed by atoms with Gasteiger partial charge in [0.25, 0.3) is 0 Å². The fourth-order valence-electron chi connectivity index (χ4n) is 1.46. The normalized spacial score (nSPS) is 20.5. The third-order valence-electron chi connectivity index (χ3n) is 2.71. The molecule has 1 fully saturated rings. The lowest BCUT2D eigenvalue weighted by atomic mass is 10.4. The molecule has 1 atom stereocenters. The molecule has 1 unspecified atom stereocenters. The first kappa shape index (κ1) is 14.7. The number of allylic oxidation sites excluding steroid dienone is 2. The Hall–Kier alpha value is -0.403. The summed E-state index contributed by atoms with van der Waals surface area (Å²) in [6.07, 6.45) is 3.14. The summed E-state index contributed by atoms with van der Waals surface area (Å²) in [5, 5.41) is 0. The molecule has 0 N–H and O–H groups in total. The maximum atomic E-state index is 5.51. The quantitative estimate of drug-likeness (QED) is 0.359. The number of hydrogen-bond acceptors (Lipinski definition) is 5. The second-order valence-corrected chi connectivity index (χ2v) is 7.01. The molecule has 1 aliphatic heterocycles. The van der Waals surface area contributed by atoms with Crippen LogP contribution in [0.15, 0.2) is 11.8 Å². The summed E-state index contributed by atoms with van der Waals surface area (Å²) in [5.41, 5.74) is 0. The second kappa shape index (κ2) is 7.12. The molecule has 5 nitrogen and oxygen atoms in total. The van der Waals surface area contributed by atoms with Crippen molar-refractivity contribution < 1.29 is 22.8 Å². The van der Waals surface area contributed by atoms with Crippen LogP contribution < -0.4 is 0 Å². The van der Waals surface area contributed by atoms with E-state index >= 15 is 0 Å². The minimum absolute atomic E-state index is 0.295. The van der Waals surface area contributed by atoms with E-state index in [1.54, 1.807) is 21.3 Å². The summed E-state index contributed by atoms with van der Waals surface area (Å²) in [4.78, 5) is 0. The predicted octanol–water partition coefficient (Wildman–Crippen LogP) is 1.57. The smallest absolute Gasteiger partial charge is 0.496 e. The lowest BCUT2D eigenvalue weighted by molar-refractivity contribution is 0.123. The molecule has 0 aliphatic carbocycles. The molecule has 0 bridgehead atoms. The van der Waals surface area contributed by atoms with Gasteiger partial charge >= 0.3 is 8.80 Å². The third kappa shape index (κ3) is 5.18. The molecule has 17 heavy (non-hydrogen) atoms. The van der Waals surface area contributed by atoms with E-state index in [4.69, 9.17) is 22.8 Å². The van der Waals surface area contributed by atoms with Gasteiger partial charge in [0.15, 0.2) is 0 Å². The van der Waals surface area contributed by atoms with Gasteiger partial charge < -0.3 is 22.8 Å². The van der Waals surface area contributed by atoms with E-state index < -0.39 is 8.80 Å². The minimum Gasteiger partial charge on any atom is -0.496 e. The van der Waals surface area contributed by atoms with Crippen molar-refractivity contribution in [1.29, 1.82) is 0 Å². The molecule has 0 amide bonds. The Balaban J connectivity index is 2.24. The van der Waals surface area contributed by atoms with Crippen LogP contribution in [0.2, 0.25) is 6.04 Å². The number of hydrogen-bond donors (Lipinski definition) is 0.